The minimum absolute atomic E-state index is 0.103. The largest absolute Gasteiger partial charge is 0.324 e. The quantitative estimate of drug-likeness (QED) is 0.703. The lowest BCUT2D eigenvalue weighted by atomic mass is 10.2. The van der Waals surface area contributed by atoms with Gasteiger partial charge in [-0.15, -0.1) is 0 Å². The molecule has 1 N–H and O–H groups in total. The highest BCUT2D eigenvalue weighted by Gasteiger charge is 2.15. The summed E-state index contributed by atoms with van der Waals surface area (Å²) in [5.41, 5.74) is 2.62. The second kappa shape index (κ2) is 7.48. The standard InChI is InChI=1S/C18H17BrN4O2/c1-12-10-14(19)8-9-15(12)20-16(24)11-23(2)18-21-17(22-25-18)13-6-4-3-5-7-13/h3-10H,11H2,1-2H3,(H,20,24). The average Bonchev–Trinajstić information content (AvgIpc) is 3.08. The molecule has 6 nitrogen and oxygen atoms in total. The Morgan fingerprint density at radius 3 is 2.72 bits per heavy atom. The number of hydrogen-bond donors (Lipinski definition) is 1. The topological polar surface area (TPSA) is 71.3 Å². The van der Waals surface area contributed by atoms with Crippen molar-refractivity contribution in [2.75, 3.05) is 23.8 Å². The molecular weight excluding hydrogens is 384 g/mol. The fourth-order valence-electron chi connectivity index (χ4n) is 2.32. The van der Waals surface area contributed by atoms with Crippen LogP contribution >= 0.6 is 15.9 Å². The molecule has 3 aromatic rings. The maximum Gasteiger partial charge on any atom is 0.324 e. The first-order valence-electron chi connectivity index (χ1n) is 7.69. The van der Waals surface area contributed by atoms with Crippen molar-refractivity contribution in [3.05, 3.63) is 58.6 Å². The van der Waals surface area contributed by atoms with Crippen LogP contribution in [0.5, 0.6) is 0 Å². The van der Waals surface area contributed by atoms with Gasteiger partial charge < -0.3 is 14.7 Å². The summed E-state index contributed by atoms with van der Waals surface area (Å²) in [6, 6.07) is 15.5. The van der Waals surface area contributed by atoms with Gasteiger partial charge in [0, 0.05) is 22.8 Å². The number of hydrogen-bond acceptors (Lipinski definition) is 5. The van der Waals surface area contributed by atoms with Crippen LogP contribution in [0, 0.1) is 6.92 Å². The Morgan fingerprint density at radius 1 is 1.24 bits per heavy atom. The van der Waals surface area contributed by atoms with Gasteiger partial charge in [-0.3, -0.25) is 4.79 Å². The Labute approximate surface area is 154 Å². The first-order chi connectivity index (χ1) is 12.0. The van der Waals surface area contributed by atoms with E-state index < -0.39 is 0 Å². The van der Waals surface area contributed by atoms with Crippen molar-refractivity contribution >= 4 is 33.5 Å². The van der Waals surface area contributed by atoms with Crippen LogP contribution in [-0.4, -0.2) is 29.6 Å². The first kappa shape index (κ1) is 17.2. The summed E-state index contributed by atoms with van der Waals surface area (Å²) in [6.45, 7) is 2.04. The number of benzene rings is 2. The number of halogens is 1. The summed E-state index contributed by atoms with van der Waals surface area (Å²) < 4.78 is 6.22. The van der Waals surface area contributed by atoms with E-state index >= 15 is 0 Å². The van der Waals surface area contributed by atoms with E-state index in [1.54, 1.807) is 11.9 Å². The van der Waals surface area contributed by atoms with Crippen molar-refractivity contribution in [1.82, 2.24) is 10.1 Å². The molecule has 0 bridgehead atoms. The van der Waals surface area contributed by atoms with E-state index in [2.05, 4.69) is 31.4 Å². The third-order valence-corrected chi connectivity index (χ3v) is 4.11. The molecule has 0 spiro atoms. The van der Waals surface area contributed by atoms with Crippen LogP contribution in [0.1, 0.15) is 5.56 Å². The summed E-state index contributed by atoms with van der Waals surface area (Å²) in [5.74, 6) is 0.332. The van der Waals surface area contributed by atoms with Crippen molar-refractivity contribution in [3.8, 4) is 11.4 Å². The van der Waals surface area contributed by atoms with Crippen LogP contribution in [0.15, 0.2) is 57.5 Å². The second-order valence-corrected chi connectivity index (χ2v) is 6.55. The summed E-state index contributed by atoms with van der Waals surface area (Å²) >= 11 is 3.41. The van der Waals surface area contributed by atoms with E-state index in [0.717, 1.165) is 21.3 Å². The van der Waals surface area contributed by atoms with Gasteiger partial charge in [-0.2, -0.15) is 4.98 Å². The van der Waals surface area contributed by atoms with Crippen LogP contribution in [0.25, 0.3) is 11.4 Å². The van der Waals surface area contributed by atoms with Crippen LogP contribution in [0.2, 0.25) is 0 Å². The van der Waals surface area contributed by atoms with Gasteiger partial charge in [0.1, 0.15) is 6.54 Å². The van der Waals surface area contributed by atoms with Gasteiger partial charge in [0.25, 0.3) is 0 Å². The lowest BCUT2D eigenvalue weighted by molar-refractivity contribution is -0.115. The minimum atomic E-state index is -0.160. The highest BCUT2D eigenvalue weighted by Crippen LogP contribution is 2.21. The van der Waals surface area contributed by atoms with Crippen LogP contribution in [0.3, 0.4) is 0 Å². The number of nitrogens with one attached hydrogen (secondary N) is 1. The molecule has 1 heterocycles. The zero-order valence-electron chi connectivity index (χ0n) is 13.9. The molecule has 0 fully saturated rings. The number of aromatic nitrogens is 2. The Hall–Kier alpha value is -2.67. The third kappa shape index (κ3) is 4.24. The molecule has 0 unspecified atom stereocenters. The van der Waals surface area contributed by atoms with Crippen molar-refractivity contribution < 1.29 is 9.32 Å². The van der Waals surface area contributed by atoms with Gasteiger partial charge in [-0.05, 0) is 30.7 Å². The second-order valence-electron chi connectivity index (χ2n) is 5.63. The molecule has 128 valence electrons. The molecule has 0 saturated heterocycles. The van der Waals surface area contributed by atoms with Gasteiger partial charge >= 0.3 is 6.01 Å². The smallest absolute Gasteiger partial charge is 0.324 e. The van der Waals surface area contributed by atoms with E-state index in [1.807, 2.05) is 55.5 Å². The number of nitrogens with zero attached hydrogens (tertiary/aromatic N) is 3. The van der Waals surface area contributed by atoms with Crippen LogP contribution in [0.4, 0.5) is 11.7 Å². The lowest BCUT2D eigenvalue weighted by Crippen LogP contribution is -2.30. The monoisotopic (exact) mass is 400 g/mol. The maximum absolute atomic E-state index is 12.3. The Balaban J connectivity index is 1.65. The number of carbonyl (C=O) groups excluding carboxylic acids is 1. The molecule has 0 radical (unpaired) electrons. The number of carbonyl (C=O) groups is 1. The molecule has 7 heteroatoms. The predicted molar refractivity (Wildman–Crippen MR) is 101 cm³/mol. The molecule has 1 amide bonds. The zero-order valence-corrected chi connectivity index (χ0v) is 15.4. The molecule has 0 aliphatic rings. The Kier molecular flexibility index (Phi) is 5.14. The highest BCUT2D eigenvalue weighted by molar-refractivity contribution is 9.10. The summed E-state index contributed by atoms with van der Waals surface area (Å²) in [6.07, 6.45) is 0. The third-order valence-electron chi connectivity index (χ3n) is 3.62. The van der Waals surface area contributed by atoms with E-state index in [4.69, 9.17) is 4.52 Å². The van der Waals surface area contributed by atoms with Crippen molar-refractivity contribution in [2.24, 2.45) is 0 Å². The average molecular weight is 401 g/mol. The predicted octanol–water partition coefficient (Wildman–Crippen LogP) is 3.88. The molecule has 3 rings (SSSR count). The lowest BCUT2D eigenvalue weighted by Gasteiger charge is -2.14. The first-order valence-corrected chi connectivity index (χ1v) is 8.48. The molecule has 2 aromatic carbocycles. The van der Waals surface area contributed by atoms with Crippen LogP contribution < -0.4 is 10.2 Å². The summed E-state index contributed by atoms with van der Waals surface area (Å²) in [7, 11) is 1.73. The number of anilines is 2. The fourth-order valence-corrected chi connectivity index (χ4v) is 2.79. The normalized spacial score (nSPS) is 10.5. The fraction of sp³-hybridized carbons (Fsp3) is 0.167. The minimum Gasteiger partial charge on any atom is -0.324 e. The van der Waals surface area contributed by atoms with Gasteiger partial charge in [0.15, 0.2) is 0 Å². The SMILES string of the molecule is Cc1cc(Br)ccc1NC(=O)CN(C)c1nc(-c2ccccc2)no1. The number of aryl methyl sites for hydroxylation is 1. The summed E-state index contributed by atoms with van der Waals surface area (Å²) in [5, 5.41) is 6.84. The van der Waals surface area contributed by atoms with E-state index in [9.17, 15) is 4.79 Å². The molecule has 1 aromatic heterocycles. The van der Waals surface area contributed by atoms with Crippen LogP contribution in [-0.2, 0) is 4.79 Å². The van der Waals surface area contributed by atoms with E-state index in [1.165, 1.54) is 0 Å². The molecule has 0 saturated carbocycles. The molecular formula is C18H17BrN4O2. The van der Waals surface area contributed by atoms with Gasteiger partial charge in [0.2, 0.25) is 11.7 Å². The van der Waals surface area contributed by atoms with Crippen molar-refractivity contribution in [2.45, 2.75) is 6.92 Å². The number of rotatable bonds is 5. The van der Waals surface area contributed by atoms with Gasteiger partial charge in [-0.1, -0.05) is 51.4 Å². The Morgan fingerprint density at radius 2 is 2.00 bits per heavy atom. The number of likely N-dealkylation sites (N-methyl/N-ethyl adjacent to an activating group) is 1. The van der Waals surface area contributed by atoms with Gasteiger partial charge in [0.05, 0.1) is 0 Å². The van der Waals surface area contributed by atoms with Crippen molar-refractivity contribution in [3.63, 3.8) is 0 Å². The number of amides is 1. The summed E-state index contributed by atoms with van der Waals surface area (Å²) in [4.78, 5) is 18.2. The van der Waals surface area contributed by atoms with Gasteiger partial charge in [-0.25, -0.2) is 0 Å². The highest BCUT2D eigenvalue weighted by atomic mass is 79.9. The molecule has 0 aliphatic carbocycles. The van der Waals surface area contributed by atoms with E-state index in [-0.39, 0.29) is 12.5 Å². The maximum atomic E-state index is 12.3. The molecule has 0 atom stereocenters. The zero-order chi connectivity index (χ0) is 17.8. The molecule has 0 aliphatic heterocycles. The molecule has 25 heavy (non-hydrogen) atoms. The van der Waals surface area contributed by atoms with E-state index in [0.29, 0.717) is 11.8 Å². The Bertz CT molecular complexity index is 880. The van der Waals surface area contributed by atoms with Crippen molar-refractivity contribution in [1.29, 1.82) is 0 Å².